The lowest BCUT2D eigenvalue weighted by Gasteiger charge is -2.10. The fraction of sp³-hybridized carbons (Fsp3) is 0.100. The van der Waals surface area contributed by atoms with E-state index in [0.717, 1.165) is 11.3 Å². The maximum absolute atomic E-state index is 13.1. The summed E-state index contributed by atoms with van der Waals surface area (Å²) < 4.78 is 6.84. The first-order chi connectivity index (χ1) is 12.8. The van der Waals surface area contributed by atoms with Crippen LogP contribution in [0.1, 0.15) is 24.0 Å². The molecule has 0 saturated carbocycles. The molecule has 0 aliphatic rings. The van der Waals surface area contributed by atoms with E-state index >= 15 is 0 Å². The van der Waals surface area contributed by atoms with Gasteiger partial charge in [0, 0.05) is 24.4 Å². The highest BCUT2D eigenvalue weighted by molar-refractivity contribution is 5.78. The predicted octanol–water partition coefficient (Wildman–Crippen LogP) is 2.73. The van der Waals surface area contributed by atoms with Crippen molar-refractivity contribution in [1.82, 2.24) is 19.7 Å². The van der Waals surface area contributed by atoms with E-state index in [1.165, 1.54) is 0 Å². The number of rotatable bonds is 2. The second-order valence-corrected chi connectivity index (χ2v) is 5.55. The standard InChI is InChI=1S/C20H14N4O2/c1-2-17-22-19-18(20(25)24(17)15-6-4-3-5-7-15)16(23-26-19)9-8-14-10-12-21-13-11-14/h3-7,10-13H,2H2,1H3. The number of pyridine rings is 1. The lowest BCUT2D eigenvalue weighted by molar-refractivity contribution is 0.444. The van der Waals surface area contributed by atoms with Crippen molar-refractivity contribution in [1.29, 1.82) is 0 Å². The number of aromatic nitrogens is 4. The second-order valence-electron chi connectivity index (χ2n) is 5.55. The Morgan fingerprint density at radius 1 is 1.08 bits per heavy atom. The van der Waals surface area contributed by atoms with Crippen molar-refractivity contribution in [3.63, 3.8) is 0 Å². The molecule has 6 heteroatoms. The first kappa shape index (κ1) is 15.8. The van der Waals surface area contributed by atoms with Crippen LogP contribution in [-0.4, -0.2) is 19.7 Å². The van der Waals surface area contributed by atoms with Crippen molar-refractivity contribution in [3.05, 3.63) is 82.3 Å². The maximum atomic E-state index is 13.1. The van der Waals surface area contributed by atoms with Gasteiger partial charge in [0.05, 0.1) is 5.69 Å². The Balaban J connectivity index is 1.93. The molecular weight excluding hydrogens is 328 g/mol. The Morgan fingerprint density at radius 2 is 1.85 bits per heavy atom. The molecule has 0 spiro atoms. The molecule has 4 aromatic rings. The van der Waals surface area contributed by atoms with Crippen LogP contribution in [0.2, 0.25) is 0 Å². The van der Waals surface area contributed by atoms with E-state index < -0.39 is 0 Å². The Labute approximate surface area is 149 Å². The largest absolute Gasteiger partial charge is 0.334 e. The third-order valence-electron chi connectivity index (χ3n) is 3.92. The Hall–Kier alpha value is -3.72. The van der Waals surface area contributed by atoms with Crippen molar-refractivity contribution in [2.45, 2.75) is 13.3 Å². The summed E-state index contributed by atoms with van der Waals surface area (Å²) in [6.07, 6.45) is 3.89. The molecule has 0 fully saturated rings. The summed E-state index contributed by atoms with van der Waals surface area (Å²) in [4.78, 5) is 21.6. The summed E-state index contributed by atoms with van der Waals surface area (Å²) in [7, 11) is 0. The van der Waals surface area contributed by atoms with Crippen molar-refractivity contribution >= 4 is 11.1 Å². The van der Waals surface area contributed by atoms with Crippen LogP contribution in [0.4, 0.5) is 0 Å². The minimum absolute atomic E-state index is 0.207. The summed E-state index contributed by atoms with van der Waals surface area (Å²) in [5, 5.41) is 4.23. The number of aryl methyl sites for hydroxylation is 1. The van der Waals surface area contributed by atoms with Gasteiger partial charge in [-0.2, -0.15) is 4.98 Å². The molecular formula is C20H14N4O2. The monoisotopic (exact) mass is 342 g/mol. The zero-order valence-corrected chi connectivity index (χ0v) is 14.0. The number of hydrogen-bond acceptors (Lipinski definition) is 5. The van der Waals surface area contributed by atoms with E-state index in [4.69, 9.17) is 4.52 Å². The Kier molecular flexibility index (Phi) is 4.04. The van der Waals surface area contributed by atoms with E-state index in [9.17, 15) is 4.79 Å². The summed E-state index contributed by atoms with van der Waals surface area (Å²) in [5.74, 6) is 6.48. The molecule has 4 rings (SSSR count). The highest BCUT2D eigenvalue weighted by Gasteiger charge is 2.18. The predicted molar refractivity (Wildman–Crippen MR) is 97.0 cm³/mol. The maximum Gasteiger partial charge on any atom is 0.272 e. The van der Waals surface area contributed by atoms with Gasteiger partial charge in [0.1, 0.15) is 11.2 Å². The minimum atomic E-state index is -0.238. The Morgan fingerprint density at radius 3 is 2.58 bits per heavy atom. The van der Waals surface area contributed by atoms with E-state index in [1.54, 1.807) is 29.1 Å². The van der Waals surface area contributed by atoms with Crippen molar-refractivity contribution in [3.8, 4) is 17.5 Å². The molecule has 6 nitrogen and oxygen atoms in total. The average molecular weight is 342 g/mol. The van der Waals surface area contributed by atoms with Crippen molar-refractivity contribution in [2.24, 2.45) is 0 Å². The van der Waals surface area contributed by atoms with Crippen LogP contribution in [0.3, 0.4) is 0 Å². The summed E-state index contributed by atoms with van der Waals surface area (Å²) >= 11 is 0. The van der Waals surface area contributed by atoms with Gasteiger partial charge in [-0.15, -0.1) is 0 Å². The fourth-order valence-corrected chi connectivity index (χ4v) is 2.68. The normalized spacial score (nSPS) is 10.5. The Bertz CT molecular complexity index is 1180. The van der Waals surface area contributed by atoms with Gasteiger partial charge < -0.3 is 4.52 Å². The topological polar surface area (TPSA) is 73.8 Å². The molecule has 0 aliphatic heterocycles. The first-order valence-corrected chi connectivity index (χ1v) is 8.16. The molecule has 0 N–H and O–H groups in total. The van der Waals surface area contributed by atoms with Crippen LogP contribution in [-0.2, 0) is 6.42 Å². The molecule has 0 amide bonds. The number of benzene rings is 1. The lowest BCUT2D eigenvalue weighted by Crippen LogP contribution is -2.23. The summed E-state index contributed by atoms with van der Waals surface area (Å²) in [6.45, 7) is 1.94. The van der Waals surface area contributed by atoms with Crippen molar-refractivity contribution < 1.29 is 4.52 Å². The molecule has 0 aliphatic carbocycles. The van der Waals surface area contributed by atoms with Gasteiger partial charge in [-0.3, -0.25) is 14.3 Å². The third kappa shape index (κ3) is 2.76. The van der Waals surface area contributed by atoms with Crippen LogP contribution < -0.4 is 5.56 Å². The molecule has 126 valence electrons. The highest BCUT2D eigenvalue weighted by Crippen LogP contribution is 2.16. The summed E-state index contributed by atoms with van der Waals surface area (Å²) in [6, 6.07) is 13.0. The minimum Gasteiger partial charge on any atom is -0.334 e. The zero-order valence-electron chi connectivity index (χ0n) is 14.0. The van der Waals surface area contributed by atoms with Crippen LogP contribution in [0, 0.1) is 11.8 Å². The molecule has 3 heterocycles. The zero-order chi connectivity index (χ0) is 17.9. The molecule has 3 aromatic heterocycles. The van der Waals surface area contributed by atoms with Gasteiger partial charge in [-0.1, -0.05) is 36.2 Å². The van der Waals surface area contributed by atoms with Gasteiger partial charge in [0.25, 0.3) is 11.3 Å². The van der Waals surface area contributed by atoms with E-state index in [2.05, 4.69) is 27.0 Å². The number of nitrogens with zero attached hydrogens (tertiary/aromatic N) is 4. The summed E-state index contributed by atoms with van der Waals surface area (Å²) in [5.41, 5.74) is 1.77. The first-order valence-electron chi connectivity index (χ1n) is 8.16. The number of hydrogen-bond donors (Lipinski definition) is 0. The van der Waals surface area contributed by atoms with Gasteiger partial charge >= 0.3 is 0 Å². The van der Waals surface area contributed by atoms with Crippen LogP contribution in [0.5, 0.6) is 0 Å². The van der Waals surface area contributed by atoms with Crippen LogP contribution in [0.25, 0.3) is 16.8 Å². The van der Waals surface area contributed by atoms with Gasteiger partial charge in [0.2, 0.25) is 0 Å². The molecule has 0 bridgehead atoms. The molecule has 0 atom stereocenters. The number of para-hydroxylation sites is 1. The fourth-order valence-electron chi connectivity index (χ4n) is 2.68. The number of fused-ring (bicyclic) bond motifs is 1. The third-order valence-corrected chi connectivity index (χ3v) is 3.92. The highest BCUT2D eigenvalue weighted by atomic mass is 16.5. The smallest absolute Gasteiger partial charge is 0.272 e. The quantitative estimate of drug-likeness (QED) is 0.524. The molecule has 0 radical (unpaired) electrons. The van der Waals surface area contributed by atoms with Gasteiger partial charge in [0.15, 0.2) is 5.69 Å². The van der Waals surface area contributed by atoms with Crippen molar-refractivity contribution in [2.75, 3.05) is 0 Å². The van der Waals surface area contributed by atoms with Crippen LogP contribution in [0.15, 0.2) is 64.2 Å². The van der Waals surface area contributed by atoms with Crippen LogP contribution >= 0.6 is 0 Å². The molecule has 1 aromatic carbocycles. The molecule has 0 saturated heterocycles. The van der Waals surface area contributed by atoms with E-state index in [0.29, 0.717) is 12.2 Å². The lowest BCUT2D eigenvalue weighted by atomic mass is 10.2. The SMILES string of the molecule is CCc1nc2onc(C#Cc3ccncc3)c2c(=O)n1-c1ccccc1. The second kappa shape index (κ2) is 6.65. The van der Waals surface area contributed by atoms with E-state index in [1.807, 2.05) is 37.3 Å². The molecule has 26 heavy (non-hydrogen) atoms. The van der Waals surface area contributed by atoms with Gasteiger partial charge in [-0.05, 0) is 30.2 Å². The van der Waals surface area contributed by atoms with Gasteiger partial charge in [-0.25, -0.2) is 0 Å². The molecule has 0 unspecified atom stereocenters. The van der Waals surface area contributed by atoms with E-state index in [-0.39, 0.29) is 22.4 Å². The average Bonchev–Trinajstić information content (AvgIpc) is 3.11.